The predicted octanol–water partition coefficient (Wildman–Crippen LogP) is 3.20. The molecule has 0 unspecified atom stereocenters. The van der Waals surface area contributed by atoms with Gasteiger partial charge in [0.2, 0.25) is 0 Å². The number of rotatable bonds is 1. The molecule has 142 valence electrons. The van der Waals surface area contributed by atoms with Crippen LogP contribution in [0.2, 0.25) is 5.02 Å². The molecule has 1 aliphatic rings. The summed E-state index contributed by atoms with van der Waals surface area (Å²) in [4.78, 5) is 24.9. The van der Waals surface area contributed by atoms with Crippen molar-refractivity contribution in [3.05, 3.63) is 34.4 Å². The van der Waals surface area contributed by atoms with Gasteiger partial charge in [-0.25, -0.2) is 4.79 Å². The van der Waals surface area contributed by atoms with Crippen LogP contribution in [0.3, 0.4) is 0 Å². The second-order valence-corrected chi connectivity index (χ2v) is 6.71. The lowest BCUT2D eigenvalue weighted by Crippen LogP contribution is -2.20. The number of hydrogen-bond acceptors (Lipinski definition) is 6. The fourth-order valence-electron chi connectivity index (χ4n) is 2.83. The Bertz CT molecular complexity index is 712. The van der Waals surface area contributed by atoms with Gasteiger partial charge >= 0.3 is 5.97 Å². The van der Waals surface area contributed by atoms with Crippen molar-refractivity contribution in [1.82, 2.24) is 0 Å². The molecule has 0 saturated heterocycles. The summed E-state index contributed by atoms with van der Waals surface area (Å²) in [7, 11) is 1.35. The van der Waals surface area contributed by atoms with E-state index in [-0.39, 0.29) is 39.9 Å². The number of aliphatic hydroxyl groups excluding tert-OH is 1. The van der Waals surface area contributed by atoms with E-state index in [1.54, 1.807) is 13.0 Å². The van der Waals surface area contributed by atoms with Crippen molar-refractivity contribution < 1.29 is 29.3 Å². The Morgan fingerprint density at radius 3 is 2.69 bits per heavy atom. The summed E-state index contributed by atoms with van der Waals surface area (Å²) in [5.41, 5.74) is 0.203. The fourth-order valence-corrected chi connectivity index (χ4v) is 3.05. The molecule has 0 spiro atoms. The predicted molar refractivity (Wildman–Crippen MR) is 96.9 cm³/mol. The molecule has 1 aromatic carbocycles. The van der Waals surface area contributed by atoms with Gasteiger partial charge < -0.3 is 19.7 Å². The zero-order chi connectivity index (χ0) is 19.3. The van der Waals surface area contributed by atoms with Gasteiger partial charge in [0, 0.05) is 18.1 Å². The smallest absolute Gasteiger partial charge is 0.342 e. The molecule has 2 N–H and O–H groups in total. The van der Waals surface area contributed by atoms with Crippen molar-refractivity contribution in [2.75, 3.05) is 7.11 Å². The number of ether oxygens (including phenoxy) is 2. The summed E-state index contributed by atoms with van der Waals surface area (Å²) >= 11 is 6.15. The van der Waals surface area contributed by atoms with Crippen LogP contribution in [0.25, 0.3) is 0 Å². The van der Waals surface area contributed by atoms with E-state index in [0.717, 1.165) is 0 Å². The van der Waals surface area contributed by atoms with E-state index in [1.165, 1.54) is 19.3 Å². The number of fused-ring (bicyclic) bond motifs is 1. The van der Waals surface area contributed by atoms with Crippen LogP contribution in [0.1, 0.15) is 48.5 Å². The van der Waals surface area contributed by atoms with Crippen molar-refractivity contribution in [3.8, 4) is 11.5 Å². The maximum atomic E-state index is 12.7. The van der Waals surface area contributed by atoms with E-state index in [4.69, 9.17) is 21.1 Å². The van der Waals surface area contributed by atoms with Gasteiger partial charge in [0.25, 0.3) is 0 Å². The number of aromatic hydroxyl groups is 1. The third-order valence-electron chi connectivity index (χ3n) is 4.27. The Hall–Kier alpha value is -2.05. The first kappa shape index (κ1) is 20.3. The molecule has 0 fully saturated rings. The molecule has 2 rings (SSSR count). The highest BCUT2D eigenvalue weighted by atomic mass is 35.5. The summed E-state index contributed by atoms with van der Waals surface area (Å²) in [6.45, 7) is 1.73. The van der Waals surface area contributed by atoms with Crippen molar-refractivity contribution in [2.45, 2.75) is 51.2 Å². The normalized spacial score (nSPS) is 23.5. The number of carbonyl (C=O) groups is 2. The Morgan fingerprint density at radius 1 is 1.27 bits per heavy atom. The number of phenolic OH excluding ortho intramolecular Hbond substituents is 1. The van der Waals surface area contributed by atoms with Crippen molar-refractivity contribution in [3.63, 3.8) is 0 Å². The minimum atomic E-state index is -0.686. The molecule has 26 heavy (non-hydrogen) atoms. The zero-order valence-electron chi connectivity index (χ0n) is 14.8. The standard InChI is InChI=1S/C19H23ClO6/c1-11-7-8-12(21)5-3-4-6-13(22)9-14-17(19(24)26-11)16(25-2)10-15(23)18(14)20/h4,6,10-12,21,23H,3,5,7-9H2,1-2H3/b6-4-/t11-,12-/m0/s1. The number of phenols is 1. The second kappa shape index (κ2) is 9.05. The number of ketones is 1. The molecular formula is C19H23ClO6. The minimum Gasteiger partial charge on any atom is -0.506 e. The van der Waals surface area contributed by atoms with Gasteiger partial charge in [-0.3, -0.25) is 4.79 Å². The Kier molecular flexibility index (Phi) is 7.06. The largest absolute Gasteiger partial charge is 0.506 e. The van der Waals surface area contributed by atoms with Crippen LogP contribution >= 0.6 is 11.6 Å². The number of benzene rings is 1. The second-order valence-electron chi connectivity index (χ2n) is 6.34. The van der Waals surface area contributed by atoms with E-state index < -0.39 is 18.2 Å². The van der Waals surface area contributed by atoms with Gasteiger partial charge in [-0.05, 0) is 38.7 Å². The van der Waals surface area contributed by atoms with E-state index in [9.17, 15) is 19.8 Å². The fraction of sp³-hybridized carbons (Fsp3) is 0.474. The van der Waals surface area contributed by atoms with Crippen LogP contribution in [-0.4, -0.2) is 41.3 Å². The average Bonchev–Trinajstić information content (AvgIpc) is 2.59. The molecule has 0 bridgehead atoms. The molecule has 6 nitrogen and oxygen atoms in total. The van der Waals surface area contributed by atoms with Crippen LogP contribution in [0.15, 0.2) is 18.2 Å². The Morgan fingerprint density at radius 2 is 2.00 bits per heavy atom. The summed E-state index contributed by atoms with van der Waals surface area (Å²) < 4.78 is 10.6. The number of methoxy groups -OCH3 is 1. The number of halogens is 1. The maximum Gasteiger partial charge on any atom is 0.342 e. The van der Waals surface area contributed by atoms with Crippen LogP contribution in [0.5, 0.6) is 11.5 Å². The highest BCUT2D eigenvalue weighted by Crippen LogP contribution is 2.38. The quantitative estimate of drug-likeness (QED) is 0.724. The first-order chi connectivity index (χ1) is 12.3. The van der Waals surface area contributed by atoms with Gasteiger partial charge in [-0.2, -0.15) is 0 Å². The van der Waals surface area contributed by atoms with Gasteiger partial charge in [0.15, 0.2) is 5.78 Å². The van der Waals surface area contributed by atoms with Gasteiger partial charge in [0.1, 0.15) is 17.1 Å². The van der Waals surface area contributed by atoms with Gasteiger partial charge in [0.05, 0.1) is 24.3 Å². The summed E-state index contributed by atoms with van der Waals surface area (Å²) in [6, 6.07) is 1.22. The first-order valence-corrected chi connectivity index (χ1v) is 8.88. The number of esters is 1. The number of allylic oxidation sites excluding steroid dienone is 2. The van der Waals surface area contributed by atoms with Crippen LogP contribution in [0, 0.1) is 0 Å². The molecular weight excluding hydrogens is 360 g/mol. The third kappa shape index (κ3) is 4.99. The molecule has 0 aromatic heterocycles. The highest BCUT2D eigenvalue weighted by molar-refractivity contribution is 6.33. The number of aliphatic hydroxyl groups is 1. The monoisotopic (exact) mass is 382 g/mol. The molecule has 2 atom stereocenters. The summed E-state index contributed by atoms with van der Waals surface area (Å²) in [5.74, 6) is -1.16. The zero-order valence-corrected chi connectivity index (χ0v) is 15.6. The van der Waals surface area contributed by atoms with E-state index in [0.29, 0.717) is 25.7 Å². The molecule has 0 radical (unpaired) electrons. The molecule has 1 aliphatic heterocycles. The van der Waals surface area contributed by atoms with Gasteiger partial charge in [-0.15, -0.1) is 0 Å². The number of cyclic esters (lactones) is 1. The number of carbonyl (C=O) groups excluding carboxylic acids is 2. The van der Waals surface area contributed by atoms with Crippen LogP contribution in [-0.2, 0) is 16.0 Å². The molecule has 7 heteroatoms. The lowest BCUT2D eigenvalue weighted by atomic mass is 9.99. The van der Waals surface area contributed by atoms with E-state index in [1.807, 2.05) is 0 Å². The third-order valence-corrected chi connectivity index (χ3v) is 4.69. The van der Waals surface area contributed by atoms with Gasteiger partial charge in [-0.1, -0.05) is 17.7 Å². The molecule has 1 aromatic rings. The molecule has 0 saturated carbocycles. The van der Waals surface area contributed by atoms with E-state index >= 15 is 0 Å². The highest BCUT2D eigenvalue weighted by Gasteiger charge is 2.26. The van der Waals surface area contributed by atoms with E-state index in [2.05, 4.69) is 0 Å². The first-order valence-electron chi connectivity index (χ1n) is 8.50. The lowest BCUT2D eigenvalue weighted by molar-refractivity contribution is -0.114. The average molecular weight is 383 g/mol. The Balaban J connectivity index is 2.49. The molecule has 0 aliphatic carbocycles. The summed E-state index contributed by atoms with van der Waals surface area (Å²) in [6.07, 6.45) is 4.01. The topological polar surface area (TPSA) is 93.1 Å². The Labute approximate surface area is 157 Å². The molecule has 1 heterocycles. The summed E-state index contributed by atoms with van der Waals surface area (Å²) in [5, 5.41) is 19.9. The number of hydrogen-bond donors (Lipinski definition) is 2. The SMILES string of the molecule is COc1cc(O)c(Cl)c2c1C(=O)O[C@@H](C)CC[C@@H](O)CC/C=C\C(=O)C2. The van der Waals surface area contributed by atoms with Crippen LogP contribution in [0.4, 0.5) is 0 Å². The van der Waals surface area contributed by atoms with Crippen molar-refractivity contribution in [1.29, 1.82) is 0 Å². The van der Waals surface area contributed by atoms with Crippen molar-refractivity contribution >= 4 is 23.4 Å². The maximum absolute atomic E-state index is 12.7. The minimum absolute atomic E-state index is 0.0292. The molecule has 0 amide bonds. The van der Waals surface area contributed by atoms with Crippen LogP contribution < -0.4 is 4.74 Å². The van der Waals surface area contributed by atoms with Crippen molar-refractivity contribution in [2.24, 2.45) is 0 Å². The lowest BCUT2D eigenvalue weighted by Gasteiger charge is -2.19.